The number of nitrogens with zero attached hydrogens (tertiary/aromatic N) is 4. The van der Waals surface area contributed by atoms with Crippen molar-refractivity contribution in [2.45, 2.75) is 32.2 Å². The molecule has 1 N–H and O–H groups in total. The number of rotatable bonds is 7. The van der Waals surface area contributed by atoms with Gasteiger partial charge in [-0.3, -0.25) is 4.79 Å². The largest absolute Gasteiger partial charge is 0.494 e. The molecule has 1 aliphatic rings. The summed E-state index contributed by atoms with van der Waals surface area (Å²) in [6.45, 7) is 2.57. The molecule has 27 heavy (non-hydrogen) atoms. The van der Waals surface area contributed by atoms with E-state index in [1.807, 2.05) is 60.1 Å². The summed E-state index contributed by atoms with van der Waals surface area (Å²) >= 11 is 0. The number of anilines is 1. The molecule has 0 radical (unpaired) electrons. The number of ether oxygens (including phenoxy) is 1. The second-order valence-electron chi connectivity index (χ2n) is 6.56. The van der Waals surface area contributed by atoms with Crippen molar-refractivity contribution in [1.29, 1.82) is 0 Å². The van der Waals surface area contributed by atoms with Crippen LogP contribution in [0.25, 0.3) is 11.4 Å². The first-order valence-corrected chi connectivity index (χ1v) is 9.13. The first-order chi connectivity index (χ1) is 13.2. The Kier molecular flexibility index (Phi) is 4.82. The molecular weight excluding hydrogens is 342 g/mol. The summed E-state index contributed by atoms with van der Waals surface area (Å²) in [5, 5.41) is 14.9. The van der Waals surface area contributed by atoms with Crippen molar-refractivity contribution in [3.05, 3.63) is 54.1 Å². The van der Waals surface area contributed by atoms with Gasteiger partial charge in [-0.15, -0.1) is 5.10 Å². The molecule has 3 aromatic rings. The van der Waals surface area contributed by atoms with Gasteiger partial charge < -0.3 is 10.1 Å². The highest BCUT2D eigenvalue weighted by Crippen LogP contribution is 2.36. The number of hydrogen-bond donors (Lipinski definition) is 1. The van der Waals surface area contributed by atoms with Crippen LogP contribution >= 0.6 is 0 Å². The average Bonchev–Trinajstić information content (AvgIpc) is 3.41. The van der Waals surface area contributed by atoms with Crippen molar-refractivity contribution in [3.63, 3.8) is 0 Å². The molecule has 1 aliphatic carbocycles. The van der Waals surface area contributed by atoms with Crippen molar-refractivity contribution in [2.75, 3.05) is 11.9 Å². The maximum atomic E-state index is 12.3. The molecule has 0 atom stereocenters. The van der Waals surface area contributed by atoms with Crippen LogP contribution in [0.5, 0.6) is 5.75 Å². The number of nitrogens with one attached hydrogen (secondary N) is 1. The molecule has 1 heterocycles. The summed E-state index contributed by atoms with van der Waals surface area (Å²) in [6, 6.07) is 15.6. The van der Waals surface area contributed by atoms with E-state index in [1.165, 1.54) is 0 Å². The van der Waals surface area contributed by atoms with Gasteiger partial charge in [-0.25, -0.2) is 4.68 Å². The summed E-state index contributed by atoms with van der Waals surface area (Å²) in [5.74, 6) is 1.52. The van der Waals surface area contributed by atoms with E-state index < -0.39 is 0 Å². The summed E-state index contributed by atoms with van der Waals surface area (Å²) in [5.41, 5.74) is 2.63. The van der Waals surface area contributed by atoms with Gasteiger partial charge in [-0.1, -0.05) is 12.1 Å². The number of hydrogen-bond acceptors (Lipinski definition) is 5. The molecule has 4 rings (SSSR count). The Labute approximate surface area is 157 Å². The van der Waals surface area contributed by atoms with Gasteiger partial charge in [-0.2, -0.15) is 0 Å². The fraction of sp³-hybridized carbons (Fsp3) is 0.300. The first kappa shape index (κ1) is 17.2. The fourth-order valence-corrected chi connectivity index (χ4v) is 2.91. The Hall–Kier alpha value is -3.22. The van der Waals surface area contributed by atoms with Gasteiger partial charge in [0.2, 0.25) is 5.91 Å². The zero-order valence-electron chi connectivity index (χ0n) is 15.1. The monoisotopic (exact) mass is 363 g/mol. The van der Waals surface area contributed by atoms with E-state index in [9.17, 15) is 4.79 Å². The van der Waals surface area contributed by atoms with Gasteiger partial charge in [0.1, 0.15) is 5.75 Å². The predicted molar refractivity (Wildman–Crippen MR) is 101 cm³/mol. The normalized spacial score (nSPS) is 13.4. The van der Waals surface area contributed by atoms with Gasteiger partial charge in [0.05, 0.1) is 19.1 Å². The van der Waals surface area contributed by atoms with E-state index in [1.54, 1.807) is 0 Å². The molecule has 1 amide bonds. The van der Waals surface area contributed by atoms with Crippen molar-refractivity contribution in [3.8, 4) is 17.1 Å². The number of carbonyl (C=O) groups is 1. The molecule has 0 unspecified atom stereocenters. The molecule has 7 heteroatoms. The number of aromatic nitrogens is 4. The molecule has 7 nitrogen and oxygen atoms in total. The number of amides is 1. The number of tetrazole rings is 1. The van der Waals surface area contributed by atoms with Crippen LogP contribution in [0.1, 0.15) is 31.4 Å². The van der Waals surface area contributed by atoms with Crippen LogP contribution in [-0.4, -0.2) is 32.7 Å². The summed E-state index contributed by atoms with van der Waals surface area (Å²) in [4.78, 5) is 12.3. The minimum atomic E-state index is -0.0604. The Bertz CT molecular complexity index is 914. The molecule has 0 bridgehead atoms. The molecule has 1 aromatic heterocycles. The first-order valence-electron chi connectivity index (χ1n) is 9.13. The lowest BCUT2D eigenvalue weighted by atomic mass is 10.1. The van der Waals surface area contributed by atoms with E-state index in [-0.39, 0.29) is 5.91 Å². The van der Waals surface area contributed by atoms with Crippen LogP contribution in [0, 0.1) is 0 Å². The summed E-state index contributed by atoms with van der Waals surface area (Å²) in [7, 11) is 0. The lowest BCUT2D eigenvalue weighted by Crippen LogP contribution is -2.14. The highest BCUT2D eigenvalue weighted by Gasteiger charge is 2.28. The lowest BCUT2D eigenvalue weighted by Gasteiger charge is -2.08. The second kappa shape index (κ2) is 7.57. The number of carbonyl (C=O) groups excluding carboxylic acids is 1. The average molecular weight is 363 g/mol. The van der Waals surface area contributed by atoms with E-state index in [2.05, 4.69) is 20.8 Å². The van der Waals surface area contributed by atoms with Gasteiger partial charge in [-0.05, 0) is 72.2 Å². The van der Waals surface area contributed by atoms with Crippen molar-refractivity contribution in [2.24, 2.45) is 0 Å². The fourth-order valence-electron chi connectivity index (χ4n) is 2.91. The Morgan fingerprint density at radius 3 is 2.56 bits per heavy atom. The maximum Gasteiger partial charge on any atom is 0.228 e. The van der Waals surface area contributed by atoms with Crippen LogP contribution in [0.15, 0.2) is 48.5 Å². The highest BCUT2D eigenvalue weighted by atomic mass is 16.5. The molecule has 0 aliphatic heterocycles. The molecule has 138 valence electrons. The van der Waals surface area contributed by atoms with E-state index in [4.69, 9.17) is 4.74 Å². The van der Waals surface area contributed by atoms with E-state index >= 15 is 0 Å². The SMILES string of the molecule is CCOc1ccc(CC(=O)Nc2ccc(-c3nnnn3C3CC3)cc2)cc1. The van der Waals surface area contributed by atoms with Crippen molar-refractivity contribution in [1.82, 2.24) is 20.2 Å². The van der Waals surface area contributed by atoms with Crippen molar-refractivity contribution < 1.29 is 9.53 Å². The molecule has 0 spiro atoms. The van der Waals surface area contributed by atoms with Crippen LogP contribution in [0.2, 0.25) is 0 Å². The number of benzene rings is 2. The van der Waals surface area contributed by atoms with Gasteiger partial charge in [0.15, 0.2) is 5.82 Å². The lowest BCUT2D eigenvalue weighted by molar-refractivity contribution is -0.115. The minimum absolute atomic E-state index is 0.0604. The van der Waals surface area contributed by atoms with Crippen LogP contribution in [-0.2, 0) is 11.2 Å². The molecule has 1 fully saturated rings. The molecule has 2 aromatic carbocycles. The Morgan fingerprint density at radius 2 is 1.89 bits per heavy atom. The molecule has 1 saturated carbocycles. The Morgan fingerprint density at radius 1 is 1.15 bits per heavy atom. The third-order valence-corrected chi connectivity index (χ3v) is 4.41. The maximum absolute atomic E-state index is 12.3. The second-order valence-corrected chi connectivity index (χ2v) is 6.56. The highest BCUT2D eigenvalue weighted by molar-refractivity contribution is 5.92. The van der Waals surface area contributed by atoms with Gasteiger partial charge in [0.25, 0.3) is 0 Å². The van der Waals surface area contributed by atoms with Crippen LogP contribution < -0.4 is 10.1 Å². The minimum Gasteiger partial charge on any atom is -0.494 e. The predicted octanol–water partition coefficient (Wildman–Crippen LogP) is 3.25. The molecular formula is C20H21N5O2. The third kappa shape index (κ3) is 4.13. The third-order valence-electron chi connectivity index (χ3n) is 4.41. The molecule has 0 saturated heterocycles. The van der Waals surface area contributed by atoms with E-state index in [0.717, 1.165) is 41.2 Å². The topological polar surface area (TPSA) is 81.9 Å². The van der Waals surface area contributed by atoms with Gasteiger partial charge >= 0.3 is 0 Å². The van der Waals surface area contributed by atoms with Crippen molar-refractivity contribution >= 4 is 11.6 Å². The quantitative estimate of drug-likeness (QED) is 0.697. The zero-order valence-corrected chi connectivity index (χ0v) is 15.1. The van der Waals surface area contributed by atoms with E-state index in [0.29, 0.717) is 19.1 Å². The smallest absolute Gasteiger partial charge is 0.228 e. The van der Waals surface area contributed by atoms with Crippen LogP contribution in [0.4, 0.5) is 5.69 Å². The van der Waals surface area contributed by atoms with Crippen LogP contribution in [0.3, 0.4) is 0 Å². The summed E-state index contributed by atoms with van der Waals surface area (Å²) in [6.07, 6.45) is 2.56. The van der Waals surface area contributed by atoms with Gasteiger partial charge in [0, 0.05) is 11.3 Å². The summed E-state index contributed by atoms with van der Waals surface area (Å²) < 4.78 is 7.29. The zero-order chi connectivity index (χ0) is 18.6. The Balaban J connectivity index is 1.37. The standard InChI is InChI=1S/C20H21N5O2/c1-2-27-18-11-3-14(4-12-18)13-19(26)21-16-7-5-15(6-8-16)20-22-23-24-25(20)17-9-10-17/h3-8,11-12,17H,2,9-10,13H2,1H3,(H,21,26).